The lowest BCUT2D eigenvalue weighted by molar-refractivity contribution is -0.145. The monoisotopic (exact) mass is 230 g/mol. The second-order valence-corrected chi connectivity index (χ2v) is 4.05. The molecule has 2 N–H and O–H groups in total. The van der Waals surface area contributed by atoms with E-state index in [1.165, 1.54) is 7.11 Å². The number of methoxy groups -OCH3 is 1. The van der Waals surface area contributed by atoms with Crippen LogP contribution < -0.4 is 10.6 Å². The van der Waals surface area contributed by atoms with E-state index in [2.05, 4.69) is 15.4 Å². The van der Waals surface area contributed by atoms with Crippen LogP contribution in [0, 0.1) is 5.92 Å². The molecule has 0 bridgehead atoms. The largest absolute Gasteiger partial charge is 0.467 e. The second-order valence-electron chi connectivity index (χ2n) is 4.05. The van der Waals surface area contributed by atoms with Crippen LogP contribution >= 0.6 is 0 Å². The molecule has 0 radical (unpaired) electrons. The van der Waals surface area contributed by atoms with Crippen molar-refractivity contribution in [1.29, 1.82) is 0 Å². The lowest BCUT2D eigenvalue weighted by Crippen LogP contribution is -2.45. The van der Waals surface area contributed by atoms with Crippen molar-refractivity contribution in [3.63, 3.8) is 0 Å². The summed E-state index contributed by atoms with van der Waals surface area (Å²) in [4.78, 5) is 22.8. The quantitative estimate of drug-likeness (QED) is 0.617. The summed E-state index contributed by atoms with van der Waals surface area (Å²) in [6.45, 7) is 6.85. The van der Waals surface area contributed by atoms with E-state index in [1.807, 2.05) is 20.8 Å². The van der Waals surface area contributed by atoms with Gasteiger partial charge in [-0.2, -0.15) is 0 Å². The van der Waals surface area contributed by atoms with Crippen LogP contribution in [0.2, 0.25) is 0 Å². The van der Waals surface area contributed by atoms with Gasteiger partial charge in [0.05, 0.1) is 13.7 Å². The Labute approximate surface area is 96.9 Å². The zero-order valence-corrected chi connectivity index (χ0v) is 10.5. The highest BCUT2D eigenvalue weighted by Crippen LogP contribution is 2.05. The van der Waals surface area contributed by atoms with Gasteiger partial charge in [0.1, 0.15) is 6.04 Å². The van der Waals surface area contributed by atoms with E-state index in [0.717, 1.165) is 6.54 Å². The maximum Gasteiger partial charge on any atom is 0.328 e. The molecule has 16 heavy (non-hydrogen) atoms. The molecule has 0 aliphatic heterocycles. The first kappa shape index (κ1) is 14.9. The third-order valence-electron chi connectivity index (χ3n) is 2.06. The van der Waals surface area contributed by atoms with Crippen LogP contribution in [0.1, 0.15) is 27.2 Å². The molecular formula is C11H22N2O3. The van der Waals surface area contributed by atoms with Gasteiger partial charge in [0.15, 0.2) is 0 Å². The van der Waals surface area contributed by atoms with Crippen LogP contribution in [0.5, 0.6) is 0 Å². The summed E-state index contributed by atoms with van der Waals surface area (Å²) >= 11 is 0. The summed E-state index contributed by atoms with van der Waals surface area (Å²) in [7, 11) is 1.33. The first-order valence-electron chi connectivity index (χ1n) is 5.59. The molecule has 0 heterocycles. The number of esters is 1. The van der Waals surface area contributed by atoms with Gasteiger partial charge in [-0.1, -0.05) is 20.8 Å². The summed E-state index contributed by atoms with van der Waals surface area (Å²) < 4.78 is 4.64. The molecule has 0 saturated carbocycles. The lowest BCUT2D eigenvalue weighted by atomic mass is 10.0. The number of hydrogen-bond acceptors (Lipinski definition) is 4. The fourth-order valence-electron chi connectivity index (χ4n) is 1.31. The Kier molecular flexibility index (Phi) is 7.54. The normalized spacial score (nSPS) is 12.3. The number of likely N-dealkylation sites (N-methyl/N-ethyl adjacent to an activating group) is 1. The topological polar surface area (TPSA) is 67.4 Å². The third kappa shape index (κ3) is 6.40. The summed E-state index contributed by atoms with van der Waals surface area (Å²) in [6, 6.07) is -0.545. The predicted octanol–water partition coefficient (Wildman–Crippen LogP) is 0.300. The molecule has 0 aliphatic carbocycles. The van der Waals surface area contributed by atoms with Crippen molar-refractivity contribution in [3.05, 3.63) is 0 Å². The van der Waals surface area contributed by atoms with Crippen LogP contribution in [-0.4, -0.2) is 38.1 Å². The Bertz CT molecular complexity index is 229. The van der Waals surface area contributed by atoms with E-state index in [1.54, 1.807) is 0 Å². The van der Waals surface area contributed by atoms with Crippen molar-refractivity contribution in [3.8, 4) is 0 Å². The number of carbonyl (C=O) groups is 2. The predicted molar refractivity (Wildman–Crippen MR) is 61.9 cm³/mol. The molecule has 0 fully saturated rings. The van der Waals surface area contributed by atoms with Gasteiger partial charge in [0.25, 0.3) is 0 Å². The van der Waals surface area contributed by atoms with E-state index in [4.69, 9.17) is 0 Å². The van der Waals surface area contributed by atoms with Crippen molar-refractivity contribution in [2.75, 3.05) is 20.2 Å². The number of hydrogen-bond donors (Lipinski definition) is 2. The summed E-state index contributed by atoms with van der Waals surface area (Å²) in [5.74, 6) is -0.250. The summed E-state index contributed by atoms with van der Waals surface area (Å²) in [5, 5.41) is 5.56. The summed E-state index contributed by atoms with van der Waals surface area (Å²) in [5.41, 5.74) is 0. The Balaban J connectivity index is 4.19. The standard InChI is InChI=1S/C11H22N2O3/c1-5-12-7-10(14)13-9(6-8(2)3)11(15)16-4/h8-9,12H,5-7H2,1-4H3,(H,13,14). The average molecular weight is 230 g/mol. The van der Waals surface area contributed by atoms with E-state index < -0.39 is 12.0 Å². The van der Waals surface area contributed by atoms with Gasteiger partial charge in [0, 0.05) is 0 Å². The van der Waals surface area contributed by atoms with Gasteiger partial charge in [0.2, 0.25) is 5.91 Å². The number of rotatable bonds is 7. The van der Waals surface area contributed by atoms with Gasteiger partial charge in [-0.05, 0) is 18.9 Å². The highest BCUT2D eigenvalue weighted by atomic mass is 16.5. The molecule has 1 unspecified atom stereocenters. The molecular weight excluding hydrogens is 208 g/mol. The zero-order chi connectivity index (χ0) is 12.6. The fraction of sp³-hybridized carbons (Fsp3) is 0.818. The van der Waals surface area contributed by atoms with E-state index in [-0.39, 0.29) is 12.5 Å². The van der Waals surface area contributed by atoms with Crippen molar-refractivity contribution in [1.82, 2.24) is 10.6 Å². The van der Waals surface area contributed by atoms with E-state index >= 15 is 0 Å². The van der Waals surface area contributed by atoms with Crippen LogP contribution in [0.25, 0.3) is 0 Å². The third-order valence-corrected chi connectivity index (χ3v) is 2.06. The van der Waals surface area contributed by atoms with Gasteiger partial charge >= 0.3 is 5.97 Å². The fourth-order valence-corrected chi connectivity index (χ4v) is 1.31. The Hall–Kier alpha value is -1.10. The number of amides is 1. The molecule has 0 aromatic rings. The van der Waals surface area contributed by atoms with Gasteiger partial charge in [-0.3, -0.25) is 4.79 Å². The van der Waals surface area contributed by atoms with Crippen molar-refractivity contribution in [2.24, 2.45) is 5.92 Å². The lowest BCUT2D eigenvalue weighted by Gasteiger charge is -2.18. The minimum atomic E-state index is -0.545. The zero-order valence-electron chi connectivity index (χ0n) is 10.5. The maximum absolute atomic E-state index is 11.4. The number of ether oxygens (including phenoxy) is 1. The molecule has 0 saturated heterocycles. The molecule has 0 aromatic heterocycles. The molecule has 5 nitrogen and oxygen atoms in total. The Morgan fingerprint density at radius 1 is 1.31 bits per heavy atom. The molecule has 5 heteroatoms. The highest BCUT2D eigenvalue weighted by Gasteiger charge is 2.21. The van der Waals surface area contributed by atoms with Crippen LogP contribution in [0.3, 0.4) is 0 Å². The number of nitrogens with one attached hydrogen (secondary N) is 2. The van der Waals surface area contributed by atoms with Crippen molar-refractivity contribution in [2.45, 2.75) is 33.2 Å². The van der Waals surface area contributed by atoms with Crippen LogP contribution in [0.15, 0.2) is 0 Å². The molecule has 0 spiro atoms. The minimum Gasteiger partial charge on any atom is -0.467 e. The van der Waals surface area contributed by atoms with E-state index in [0.29, 0.717) is 12.3 Å². The van der Waals surface area contributed by atoms with E-state index in [9.17, 15) is 9.59 Å². The van der Waals surface area contributed by atoms with Gasteiger partial charge < -0.3 is 15.4 Å². The van der Waals surface area contributed by atoms with Crippen LogP contribution in [0.4, 0.5) is 0 Å². The maximum atomic E-state index is 11.4. The first-order chi connectivity index (χ1) is 7.51. The SMILES string of the molecule is CCNCC(=O)NC(CC(C)C)C(=O)OC. The Morgan fingerprint density at radius 3 is 2.38 bits per heavy atom. The molecule has 0 aromatic carbocycles. The molecule has 0 rings (SSSR count). The Morgan fingerprint density at radius 2 is 1.94 bits per heavy atom. The smallest absolute Gasteiger partial charge is 0.328 e. The van der Waals surface area contributed by atoms with Gasteiger partial charge in [-0.15, -0.1) is 0 Å². The minimum absolute atomic E-state index is 0.182. The molecule has 1 atom stereocenters. The van der Waals surface area contributed by atoms with Gasteiger partial charge in [-0.25, -0.2) is 4.79 Å². The first-order valence-corrected chi connectivity index (χ1v) is 5.59. The molecule has 1 amide bonds. The highest BCUT2D eigenvalue weighted by molar-refractivity contribution is 5.85. The molecule has 94 valence electrons. The van der Waals surface area contributed by atoms with Crippen molar-refractivity contribution < 1.29 is 14.3 Å². The average Bonchev–Trinajstić information content (AvgIpc) is 2.23. The second kappa shape index (κ2) is 8.10. The number of carbonyl (C=O) groups excluding carboxylic acids is 2. The van der Waals surface area contributed by atoms with Crippen molar-refractivity contribution >= 4 is 11.9 Å². The van der Waals surface area contributed by atoms with Crippen LogP contribution in [-0.2, 0) is 14.3 Å². The molecule has 0 aliphatic rings. The summed E-state index contributed by atoms with van der Waals surface area (Å²) in [6.07, 6.45) is 0.588.